The SMILES string of the molecule is COc1cc(/C=N/NC(=O)c2cccc([N+](=O)[O-])c2)cc(Br)c1OCC(=O)Nc1ccc(C)c(Cl)c1. The number of aryl methyl sites for hydroxylation is 1. The van der Waals surface area contributed by atoms with Gasteiger partial charge in [-0.05, 0) is 64.3 Å². The number of ether oxygens (including phenoxy) is 2. The fourth-order valence-corrected chi connectivity index (χ4v) is 3.71. The van der Waals surface area contributed by atoms with Crippen LogP contribution < -0.4 is 20.2 Å². The van der Waals surface area contributed by atoms with Crippen LogP contribution in [0.5, 0.6) is 11.5 Å². The van der Waals surface area contributed by atoms with Crippen LogP contribution in [0.1, 0.15) is 21.5 Å². The van der Waals surface area contributed by atoms with E-state index in [0.29, 0.717) is 32.2 Å². The number of rotatable bonds is 9. The zero-order valence-corrected chi connectivity index (χ0v) is 21.4. The lowest BCUT2D eigenvalue weighted by Crippen LogP contribution is -2.20. The van der Waals surface area contributed by atoms with Crippen molar-refractivity contribution >= 4 is 56.9 Å². The summed E-state index contributed by atoms with van der Waals surface area (Å²) < 4.78 is 11.5. The third kappa shape index (κ3) is 7.03. The Morgan fingerprint density at radius 1 is 1.19 bits per heavy atom. The van der Waals surface area contributed by atoms with Crippen LogP contribution >= 0.6 is 27.5 Å². The first kappa shape index (κ1) is 26.6. The van der Waals surface area contributed by atoms with Crippen LogP contribution in [0.4, 0.5) is 11.4 Å². The van der Waals surface area contributed by atoms with E-state index in [1.165, 1.54) is 31.5 Å². The van der Waals surface area contributed by atoms with E-state index in [-0.39, 0.29) is 17.9 Å². The Morgan fingerprint density at radius 3 is 2.67 bits per heavy atom. The largest absolute Gasteiger partial charge is 0.493 e. The second kappa shape index (κ2) is 12.1. The third-order valence-electron chi connectivity index (χ3n) is 4.75. The van der Waals surface area contributed by atoms with Crippen LogP contribution in [0.3, 0.4) is 0 Å². The molecule has 0 saturated heterocycles. The molecule has 3 rings (SSSR count). The van der Waals surface area contributed by atoms with E-state index in [0.717, 1.165) is 11.6 Å². The molecule has 0 radical (unpaired) electrons. The van der Waals surface area contributed by atoms with E-state index in [2.05, 4.69) is 31.8 Å². The topological polar surface area (TPSA) is 132 Å². The monoisotopic (exact) mass is 574 g/mol. The Kier molecular flexibility index (Phi) is 8.98. The van der Waals surface area contributed by atoms with Crippen LogP contribution in [0.25, 0.3) is 0 Å². The minimum Gasteiger partial charge on any atom is -0.493 e. The number of anilines is 1. The van der Waals surface area contributed by atoms with Gasteiger partial charge in [-0.2, -0.15) is 5.10 Å². The highest BCUT2D eigenvalue weighted by atomic mass is 79.9. The van der Waals surface area contributed by atoms with Crippen LogP contribution in [-0.4, -0.2) is 36.7 Å². The average Bonchev–Trinajstić information content (AvgIpc) is 2.85. The van der Waals surface area contributed by atoms with Crippen molar-refractivity contribution in [2.24, 2.45) is 5.10 Å². The Hall–Kier alpha value is -3.96. The lowest BCUT2D eigenvalue weighted by Gasteiger charge is -2.13. The lowest BCUT2D eigenvalue weighted by atomic mass is 10.2. The summed E-state index contributed by atoms with van der Waals surface area (Å²) in [5, 5.41) is 18.0. The minimum absolute atomic E-state index is 0.0926. The average molecular weight is 576 g/mol. The summed E-state index contributed by atoms with van der Waals surface area (Å²) in [5.74, 6) is -0.380. The van der Waals surface area contributed by atoms with Gasteiger partial charge in [-0.1, -0.05) is 23.7 Å². The van der Waals surface area contributed by atoms with Gasteiger partial charge in [0, 0.05) is 28.4 Å². The van der Waals surface area contributed by atoms with Gasteiger partial charge in [0.15, 0.2) is 18.1 Å². The molecule has 0 unspecified atom stereocenters. The van der Waals surface area contributed by atoms with Crippen molar-refractivity contribution in [3.8, 4) is 11.5 Å². The third-order valence-corrected chi connectivity index (χ3v) is 5.75. The molecule has 0 heterocycles. The summed E-state index contributed by atoms with van der Waals surface area (Å²) in [4.78, 5) is 34.8. The number of hydrogen-bond acceptors (Lipinski definition) is 7. The van der Waals surface area contributed by atoms with Crippen LogP contribution in [-0.2, 0) is 4.79 Å². The van der Waals surface area contributed by atoms with Gasteiger partial charge < -0.3 is 14.8 Å². The quantitative estimate of drug-likeness (QED) is 0.207. The van der Waals surface area contributed by atoms with E-state index < -0.39 is 16.7 Å². The molecule has 0 fully saturated rings. The van der Waals surface area contributed by atoms with E-state index in [1.807, 2.05) is 6.92 Å². The van der Waals surface area contributed by atoms with Gasteiger partial charge in [0.2, 0.25) is 0 Å². The molecule has 0 aliphatic carbocycles. The van der Waals surface area contributed by atoms with Crippen LogP contribution in [0, 0.1) is 17.0 Å². The van der Waals surface area contributed by atoms with Crippen molar-refractivity contribution < 1.29 is 24.0 Å². The first-order valence-corrected chi connectivity index (χ1v) is 11.5. The van der Waals surface area contributed by atoms with Crippen molar-refractivity contribution in [1.82, 2.24) is 5.43 Å². The fraction of sp³-hybridized carbons (Fsp3) is 0.125. The first-order chi connectivity index (χ1) is 17.2. The predicted octanol–water partition coefficient (Wildman–Crippen LogP) is 5.11. The van der Waals surface area contributed by atoms with E-state index >= 15 is 0 Å². The van der Waals surface area contributed by atoms with Crippen molar-refractivity contribution in [3.63, 3.8) is 0 Å². The molecular formula is C24H20BrClN4O6. The van der Waals surface area contributed by atoms with Crippen LogP contribution in [0.15, 0.2) is 64.2 Å². The van der Waals surface area contributed by atoms with E-state index in [4.69, 9.17) is 21.1 Å². The molecule has 3 aromatic rings. The molecule has 0 spiro atoms. The zero-order chi connectivity index (χ0) is 26.2. The molecule has 0 aromatic heterocycles. The predicted molar refractivity (Wildman–Crippen MR) is 139 cm³/mol. The molecule has 10 nitrogen and oxygen atoms in total. The number of nitrogens with one attached hydrogen (secondary N) is 2. The lowest BCUT2D eigenvalue weighted by molar-refractivity contribution is -0.384. The van der Waals surface area contributed by atoms with Crippen molar-refractivity contribution in [3.05, 3.63) is 90.9 Å². The van der Waals surface area contributed by atoms with Crippen molar-refractivity contribution in [1.29, 1.82) is 0 Å². The smallest absolute Gasteiger partial charge is 0.271 e. The molecule has 3 aromatic carbocycles. The highest BCUT2D eigenvalue weighted by molar-refractivity contribution is 9.10. The molecule has 0 atom stereocenters. The molecule has 186 valence electrons. The van der Waals surface area contributed by atoms with Crippen LogP contribution in [0.2, 0.25) is 5.02 Å². The minimum atomic E-state index is -0.609. The number of halogens is 2. The number of nitro benzene ring substituents is 1. The Morgan fingerprint density at radius 2 is 1.97 bits per heavy atom. The van der Waals surface area contributed by atoms with Gasteiger partial charge in [-0.15, -0.1) is 0 Å². The van der Waals surface area contributed by atoms with Gasteiger partial charge in [-0.3, -0.25) is 19.7 Å². The number of hydrogen-bond donors (Lipinski definition) is 2. The van der Waals surface area contributed by atoms with Gasteiger partial charge in [0.1, 0.15) is 0 Å². The summed E-state index contributed by atoms with van der Waals surface area (Å²) in [6.45, 7) is 1.58. The number of hydrazone groups is 1. The molecule has 2 N–H and O–H groups in total. The van der Waals surface area contributed by atoms with Gasteiger partial charge >= 0.3 is 0 Å². The maximum Gasteiger partial charge on any atom is 0.271 e. The summed E-state index contributed by atoms with van der Waals surface area (Å²) in [6.07, 6.45) is 1.36. The summed E-state index contributed by atoms with van der Waals surface area (Å²) in [6, 6.07) is 13.7. The van der Waals surface area contributed by atoms with Crippen molar-refractivity contribution in [2.75, 3.05) is 19.0 Å². The number of benzene rings is 3. The van der Waals surface area contributed by atoms with Gasteiger partial charge in [0.25, 0.3) is 17.5 Å². The summed E-state index contributed by atoms with van der Waals surface area (Å²) >= 11 is 9.47. The summed E-state index contributed by atoms with van der Waals surface area (Å²) in [7, 11) is 1.44. The molecular weight excluding hydrogens is 556 g/mol. The number of nitro groups is 1. The van der Waals surface area contributed by atoms with Gasteiger partial charge in [-0.25, -0.2) is 5.43 Å². The van der Waals surface area contributed by atoms with Gasteiger partial charge in [0.05, 0.1) is 22.7 Å². The van der Waals surface area contributed by atoms with E-state index in [1.54, 1.807) is 30.3 Å². The highest BCUT2D eigenvalue weighted by Crippen LogP contribution is 2.36. The molecule has 36 heavy (non-hydrogen) atoms. The Labute approximate surface area is 219 Å². The molecule has 2 amide bonds. The molecule has 0 aliphatic rings. The number of nitrogens with zero attached hydrogens (tertiary/aromatic N) is 2. The first-order valence-electron chi connectivity index (χ1n) is 10.3. The number of methoxy groups -OCH3 is 1. The standard InChI is InChI=1S/C24H20BrClN4O6/c1-14-6-7-17(11-20(14)26)28-22(31)13-36-23-19(25)8-15(9-21(23)35-2)12-27-29-24(32)16-4-3-5-18(10-16)30(33)34/h3-12H,13H2,1-2H3,(H,28,31)(H,29,32)/b27-12+. The molecule has 12 heteroatoms. The second-order valence-electron chi connectivity index (χ2n) is 7.34. The molecule has 0 aliphatic heterocycles. The fourth-order valence-electron chi connectivity index (χ4n) is 2.95. The molecule has 0 bridgehead atoms. The summed E-state index contributed by atoms with van der Waals surface area (Å²) in [5.41, 5.74) is 4.19. The Balaban J connectivity index is 1.64. The number of amides is 2. The number of carbonyl (C=O) groups is 2. The van der Waals surface area contributed by atoms with E-state index in [9.17, 15) is 19.7 Å². The molecule has 0 saturated carbocycles. The maximum atomic E-state index is 12.3. The Bertz CT molecular complexity index is 1350. The maximum absolute atomic E-state index is 12.3. The highest BCUT2D eigenvalue weighted by Gasteiger charge is 2.14. The normalized spacial score (nSPS) is 10.7. The number of carbonyl (C=O) groups excluding carboxylic acids is 2. The second-order valence-corrected chi connectivity index (χ2v) is 8.60. The van der Waals surface area contributed by atoms with Crippen molar-refractivity contribution in [2.45, 2.75) is 6.92 Å². The number of non-ortho nitro benzene ring substituents is 1. The zero-order valence-electron chi connectivity index (χ0n) is 19.1.